The molecule has 1 unspecified atom stereocenters. The van der Waals surface area contributed by atoms with Gasteiger partial charge in [0.15, 0.2) is 0 Å². The number of halogens is 4. The highest BCUT2D eigenvalue weighted by Gasteiger charge is 2.33. The van der Waals surface area contributed by atoms with Crippen LogP contribution < -0.4 is 20.3 Å². The predicted octanol–water partition coefficient (Wildman–Crippen LogP) is 4.14. The first-order valence-electron chi connectivity index (χ1n) is 9.97. The monoisotopic (exact) mass is 470 g/mol. The van der Waals surface area contributed by atoms with Gasteiger partial charge in [-0.1, -0.05) is 18.5 Å². The number of benzene rings is 1. The van der Waals surface area contributed by atoms with Gasteiger partial charge in [0.1, 0.15) is 11.6 Å². The van der Waals surface area contributed by atoms with E-state index in [2.05, 4.69) is 9.72 Å². The third-order valence-corrected chi connectivity index (χ3v) is 5.41. The molecule has 0 spiro atoms. The van der Waals surface area contributed by atoms with Crippen LogP contribution in [-0.4, -0.2) is 42.3 Å². The first-order valence-corrected chi connectivity index (χ1v) is 10.3. The maximum atomic E-state index is 12.8. The fraction of sp³-hybridized carbons (Fsp3) is 0.381. The fourth-order valence-corrected chi connectivity index (χ4v) is 4.01. The van der Waals surface area contributed by atoms with Crippen molar-refractivity contribution in [3.8, 4) is 5.75 Å². The van der Waals surface area contributed by atoms with Crippen molar-refractivity contribution in [2.75, 3.05) is 22.9 Å². The van der Waals surface area contributed by atoms with Crippen LogP contribution in [0.3, 0.4) is 0 Å². The van der Waals surface area contributed by atoms with Crippen LogP contribution >= 0.6 is 11.6 Å². The summed E-state index contributed by atoms with van der Waals surface area (Å²) in [4.78, 5) is 32.1. The van der Waals surface area contributed by atoms with E-state index in [1.165, 1.54) is 30.5 Å². The van der Waals surface area contributed by atoms with Crippen molar-refractivity contribution >= 4 is 34.9 Å². The molecule has 2 heterocycles. The summed E-state index contributed by atoms with van der Waals surface area (Å²) < 4.78 is 41.3. The zero-order valence-corrected chi connectivity index (χ0v) is 18.0. The number of carbonyl (C=O) groups is 2. The van der Waals surface area contributed by atoms with Gasteiger partial charge in [-0.3, -0.25) is 14.5 Å². The molecule has 172 valence electrons. The van der Waals surface area contributed by atoms with Crippen molar-refractivity contribution in [3.05, 3.63) is 47.1 Å². The van der Waals surface area contributed by atoms with E-state index < -0.39 is 18.0 Å². The fourth-order valence-electron chi connectivity index (χ4n) is 3.72. The van der Waals surface area contributed by atoms with E-state index in [1.807, 2.05) is 4.90 Å². The van der Waals surface area contributed by atoms with E-state index in [-0.39, 0.29) is 29.0 Å². The molecule has 1 aliphatic heterocycles. The second kappa shape index (κ2) is 9.64. The molecule has 1 aliphatic rings. The van der Waals surface area contributed by atoms with Gasteiger partial charge in [0.2, 0.25) is 11.8 Å². The van der Waals surface area contributed by atoms with Crippen LogP contribution in [0.2, 0.25) is 5.02 Å². The van der Waals surface area contributed by atoms with Crippen LogP contribution in [0.15, 0.2) is 36.5 Å². The van der Waals surface area contributed by atoms with Crippen molar-refractivity contribution in [1.29, 1.82) is 0 Å². The van der Waals surface area contributed by atoms with Crippen molar-refractivity contribution in [3.63, 3.8) is 0 Å². The van der Waals surface area contributed by atoms with Gasteiger partial charge in [-0.15, -0.1) is 13.2 Å². The standard InChI is InChI=1S/C21H22ClF3N4O3/c1-2-19(30)29(18-10-13(20(26)31)7-8-27-18)14-4-3-9-28(12-14)17-6-5-15(11-16(17)22)32-21(23,24)25/h5-8,10-11,14H,2-4,9,12H2,1H3,(H2,26,31). The third-order valence-electron chi connectivity index (χ3n) is 5.10. The number of hydrogen-bond donors (Lipinski definition) is 1. The van der Waals surface area contributed by atoms with Crippen LogP contribution in [0.1, 0.15) is 36.5 Å². The van der Waals surface area contributed by atoms with Gasteiger partial charge >= 0.3 is 6.36 Å². The number of ether oxygens (including phenoxy) is 1. The Hall–Kier alpha value is -3.01. The summed E-state index contributed by atoms with van der Waals surface area (Å²) in [6.45, 7) is 2.72. The zero-order valence-electron chi connectivity index (χ0n) is 17.2. The lowest BCUT2D eigenvalue weighted by Gasteiger charge is -2.40. The van der Waals surface area contributed by atoms with Crippen LogP contribution in [0.25, 0.3) is 0 Å². The number of nitrogens with two attached hydrogens (primary N) is 1. The molecule has 2 N–H and O–H groups in total. The Balaban J connectivity index is 1.86. The molecule has 32 heavy (non-hydrogen) atoms. The molecule has 1 fully saturated rings. The van der Waals surface area contributed by atoms with Crippen molar-refractivity contribution < 1.29 is 27.5 Å². The molecule has 2 aromatic rings. The highest BCUT2D eigenvalue weighted by atomic mass is 35.5. The number of hydrogen-bond acceptors (Lipinski definition) is 5. The molecule has 2 amide bonds. The second-order valence-electron chi connectivity index (χ2n) is 7.29. The molecular formula is C21H22ClF3N4O3. The lowest BCUT2D eigenvalue weighted by Crippen LogP contribution is -2.51. The van der Waals surface area contributed by atoms with Crippen LogP contribution in [0.5, 0.6) is 5.75 Å². The number of rotatable bonds is 6. The van der Waals surface area contributed by atoms with Gasteiger partial charge in [-0.25, -0.2) is 4.98 Å². The topological polar surface area (TPSA) is 88.8 Å². The molecule has 3 rings (SSSR count). The molecule has 1 aromatic heterocycles. The Kier molecular flexibility index (Phi) is 7.12. The van der Waals surface area contributed by atoms with E-state index in [0.717, 1.165) is 6.07 Å². The SMILES string of the molecule is CCC(=O)N(c1cc(C(N)=O)ccn1)C1CCCN(c2ccc(OC(F)(F)F)cc2Cl)C1. The summed E-state index contributed by atoms with van der Waals surface area (Å²) in [7, 11) is 0. The number of amides is 2. The Labute approximate surface area is 187 Å². The third kappa shape index (κ3) is 5.61. The molecule has 1 atom stereocenters. The average Bonchev–Trinajstić information content (AvgIpc) is 2.73. The minimum absolute atomic E-state index is 0.106. The number of alkyl halides is 3. The van der Waals surface area contributed by atoms with E-state index in [0.29, 0.717) is 37.4 Å². The zero-order chi connectivity index (χ0) is 23.5. The Morgan fingerprint density at radius 2 is 2.06 bits per heavy atom. The van der Waals surface area contributed by atoms with Crippen LogP contribution in [-0.2, 0) is 4.79 Å². The number of primary amides is 1. The molecule has 0 radical (unpaired) electrons. The van der Waals surface area contributed by atoms with Gasteiger partial charge in [0, 0.05) is 37.3 Å². The van der Waals surface area contributed by atoms with Gasteiger partial charge in [0.05, 0.1) is 16.8 Å². The summed E-state index contributed by atoms with van der Waals surface area (Å²) in [6, 6.07) is 6.44. The number of aromatic nitrogens is 1. The number of anilines is 2. The van der Waals surface area contributed by atoms with Crippen molar-refractivity contribution in [1.82, 2.24) is 4.98 Å². The van der Waals surface area contributed by atoms with Crippen molar-refractivity contribution in [2.24, 2.45) is 5.73 Å². The number of nitrogens with zero attached hydrogens (tertiary/aromatic N) is 3. The summed E-state index contributed by atoms with van der Waals surface area (Å²) >= 11 is 6.25. The highest BCUT2D eigenvalue weighted by Crippen LogP contribution is 2.35. The minimum atomic E-state index is -4.81. The summed E-state index contributed by atoms with van der Waals surface area (Å²) in [5, 5.41) is 0.106. The maximum Gasteiger partial charge on any atom is 0.573 e. The first kappa shape index (κ1) is 23.6. The second-order valence-corrected chi connectivity index (χ2v) is 7.69. The smallest absolute Gasteiger partial charge is 0.406 e. The van der Waals surface area contributed by atoms with Gasteiger partial charge < -0.3 is 15.4 Å². The number of piperidine rings is 1. The first-order chi connectivity index (χ1) is 15.1. The maximum absolute atomic E-state index is 12.8. The Morgan fingerprint density at radius 3 is 2.69 bits per heavy atom. The number of pyridine rings is 1. The molecule has 7 nitrogen and oxygen atoms in total. The minimum Gasteiger partial charge on any atom is -0.406 e. The van der Waals surface area contributed by atoms with Crippen LogP contribution in [0.4, 0.5) is 24.7 Å². The quantitative estimate of drug-likeness (QED) is 0.685. The van der Waals surface area contributed by atoms with E-state index >= 15 is 0 Å². The molecule has 0 aliphatic carbocycles. The van der Waals surface area contributed by atoms with Gasteiger partial charge in [-0.2, -0.15) is 0 Å². The molecule has 0 saturated carbocycles. The van der Waals surface area contributed by atoms with Crippen molar-refractivity contribution in [2.45, 2.75) is 38.6 Å². The molecule has 11 heteroatoms. The number of carbonyl (C=O) groups excluding carboxylic acids is 2. The summed E-state index contributed by atoms with van der Waals surface area (Å²) in [6.07, 6.45) is -1.78. The van der Waals surface area contributed by atoms with Gasteiger partial charge in [-0.05, 0) is 37.1 Å². The average molecular weight is 471 g/mol. The van der Waals surface area contributed by atoms with E-state index in [1.54, 1.807) is 11.8 Å². The summed E-state index contributed by atoms with van der Waals surface area (Å²) in [5.74, 6) is -0.892. The van der Waals surface area contributed by atoms with E-state index in [4.69, 9.17) is 17.3 Å². The Morgan fingerprint density at radius 1 is 1.31 bits per heavy atom. The largest absolute Gasteiger partial charge is 0.573 e. The van der Waals surface area contributed by atoms with Gasteiger partial charge in [0.25, 0.3) is 0 Å². The predicted molar refractivity (Wildman–Crippen MR) is 114 cm³/mol. The molecule has 1 aromatic carbocycles. The lowest BCUT2D eigenvalue weighted by atomic mass is 10.0. The molecule has 1 saturated heterocycles. The lowest BCUT2D eigenvalue weighted by molar-refractivity contribution is -0.274. The Bertz CT molecular complexity index is 1000. The van der Waals surface area contributed by atoms with Crippen LogP contribution in [0, 0.1) is 0 Å². The molecular weight excluding hydrogens is 449 g/mol. The normalized spacial score (nSPS) is 16.5. The molecule has 0 bridgehead atoms. The highest BCUT2D eigenvalue weighted by molar-refractivity contribution is 6.33. The van der Waals surface area contributed by atoms with E-state index in [9.17, 15) is 22.8 Å². The summed E-state index contributed by atoms with van der Waals surface area (Å²) in [5.41, 5.74) is 6.13.